The van der Waals surface area contributed by atoms with E-state index >= 15 is 0 Å². The third-order valence-electron chi connectivity index (χ3n) is 3.97. The minimum absolute atomic E-state index is 0.309. The van der Waals surface area contributed by atoms with Crippen LogP contribution in [-0.2, 0) is 11.6 Å². The number of rotatable bonds is 5. The predicted molar refractivity (Wildman–Crippen MR) is 99.3 cm³/mol. The predicted octanol–water partition coefficient (Wildman–Crippen LogP) is 4.46. The van der Waals surface area contributed by atoms with Crippen molar-refractivity contribution in [2.24, 2.45) is 5.16 Å². The van der Waals surface area contributed by atoms with Crippen molar-refractivity contribution >= 4 is 16.7 Å². The highest BCUT2D eigenvalue weighted by Crippen LogP contribution is 2.14. The molecule has 0 saturated heterocycles. The van der Waals surface area contributed by atoms with Crippen LogP contribution < -0.4 is 0 Å². The first kappa shape index (κ1) is 15.1. The largest absolute Gasteiger partial charge is 0.373 e. The van der Waals surface area contributed by atoms with Gasteiger partial charge in [0.15, 0.2) is 6.73 Å². The first-order chi connectivity index (χ1) is 12.4. The molecular formula is C21H17N3O. The number of nitrogens with zero attached hydrogens (tertiary/aromatic N) is 3. The Bertz CT molecular complexity index is 950. The van der Waals surface area contributed by atoms with E-state index in [-0.39, 0.29) is 0 Å². The quantitative estimate of drug-likeness (QED) is 0.401. The summed E-state index contributed by atoms with van der Waals surface area (Å²) in [5.41, 5.74) is 4.82. The first-order valence-electron chi connectivity index (χ1n) is 8.12. The average molecular weight is 327 g/mol. The van der Waals surface area contributed by atoms with Crippen LogP contribution >= 0.6 is 0 Å². The Hall–Kier alpha value is -3.40. The number of para-hydroxylation sites is 2. The Morgan fingerprint density at radius 3 is 2.08 bits per heavy atom. The molecule has 1 aromatic heterocycles. The minimum Gasteiger partial charge on any atom is -0.373 e. The van der Waals surface area contributed by atoms with Crippen LogP contribution in [0.5, 0.6) is 0 Å². The van der Waals surface area contributed by atoms with Gasteiger partial charge in [0.2, 0.25) is 0 Å². The molecule has 0 saturated carbocycles. The van der Waals surface area contributed by atoms with Gasteiger partial charge in [0.1, 0.15) is 5.71 Å². The maximum atomic E-state index is 5.67. The molecule has 3 aromatic carbocycles. The van der Waals surface area contributed by atoms with E-state index in [1.807, 2.05) is 89.5 Å². The molecule has 0 aliphatic carbocycles. The fourth-order valence-corrected chi connectivity index (χ4v) is 2.73. The number of aromatic nitrogens is 2. The van der Waals surface area contributed by atoms with Gasteiger partial charge in [0.25, 0.3) is 0 Å². The normalized spacial score (nSPS) is 10.6. The van der Waals surface area contributed by atoms with E-state index in [0.29, 0.717) is 6.73 Å². The number of oxime groups is 1. The van der Waals surface area contributed by atoms with Crippen molar-refractivity contribution in [2.45, 2.75) is 6.73 Å². The average Bonchev–Trinajstić information content (AvgIpc) is 3.10. The molecular weight excluding hydrogens is 310 g/mol. The van der Waals surface area contributed by atoms with Crippen molar-refractivity contribution in [3.05, 3.63) is 102 Å². The van der Waals surface area contributed by atoms with E-state index < -0.39 is 0 Å². The summed E-state index contributed by atoms with van der Waals surface area (Å²) in [4.78, 5) is 10.0. The van der Waals surface area contributed by atoms with Crippen molar-refractivity contribution in [3.8, 4) is 0 Å². The number of hydrogen-bond donors (Lipinski definition) is 0. The summed E-state index contributed by atoms with van der Waals surface area (Å²) < 4.78 is 1.94. The van der Waals surface area contributed by atoms with Gasteiger partial charge in [0.05, 0.1) is 17.4 Å². The maximum Gasteiger partial charge on any atom is 0.194 e. The van der Waals surface area contributed by atoms with Crippen molar-refractivity contribution < 1.29 is 4.84 Å². The van der Waals surface area contributed by atoms with E-state index in [0.717, 1.165) is 27.9 Å². The standard InChI is InChI=1S/C21H17N3O/c1-3-9-17(10-4-1)21(18-11-5-2-6-12-18)23-25-16-24-15-22-19-13-7-8-14-20(19)24/h1-15H,16H2. The highest BCUT2D eigenvalue weighted by atomic mass is 16.6. The molecule has 4 heteroatoms. The summed E-state index contributed by atoms with van der Waals surface area (Å²) in [5, 5.41) is 4.41. The van der Waals surface area contributed by atoms with E-state index in [4.69, 9.17) is 4.84 Å². The summed E-state index contributed by atoms with van der Waals surface area (Å²) >= 11 is 0. The third-order valence-corrected chi connectivity index (χ3v) is 3.97. The van der Waals surface area contributed by atoms with E-state index in [1.54, 1.807) is 6.33 Å². The molecule has 25 heavy (non-hydrogen) atoms. The second-order valence-electron chi connectivity index (χ2n) is 5.63. The summed E-state index contributed by atoms with van der Waals surface area (Å²) in [5.74, 6) is 0. The number of fused-ring (bicyclic) bond motifs is 1. The van der Waals surface area contributed by atoms with Gasteiger partial charge in [-0.2, -0.15) is 0 Å². The molecule has 122 valence electrons. The van der Waals surface area contributed by atoms with Crippen molar-refractivity contribution in [2.75, 3.05) is 0 Å². The molecule has 0 fully saturated rings. The third kappa shape index (κ3) is 3.28. The second kappa shape index (κ2) is 7.01. The number of hydrogen-bond acceptors (Lipinski definition) is 3. The molecule has 0 spiro atoms. The van der Waals surface area contributed by atoms with E-state index in [2.05, 4.69) is 10.1 Å². The molecule has 0 aliphatic rings. The molecule has 4 aromatic rings. The lowest BCUT2D eigenvalue weighted by Gasteiger charge is -2.08. The molecule has 0 aliphatic heterocycles. The van der Waals surface area contributed by atoms with Crippen LogP contribution in [0.2, 0.25) is 0 Å². The van der Waals surface area contributed by atoms with E-state index in [1.165, 1.54) is 0 Å². The van der Waals surface area contributed by atoms with Crippen LogP contribution in [-0.4, -0.2) is 15.3 Å². The molecule has 0 bridgehead atoms. The topological polar surface area (TPSA) is 39.4 Å². The molecule has 1 heterocycles. The zero-order valence-corrected chi connectivity index (χ0v) is 13.6. The zero-order chi connectivity index (χ0) is 16.9. The van der Waals surface area contributed by atoms with Gasteiger partial charge in [-0.25, -0.2) is 4.98 Å². The van der Waals surface area contributed by atoms with Gasteiger partial charge in [0, 0.05) is 11.1 Å². The summed E-state index contributed by atoms with van der Waals surface area (Å²) in [6.07, 6.45) is 1.77. The highest BCUT2D eigenvalue weighted by molar-refractivity contribution is 6.12. The van der Waals surface area contributed by atoms with E-state index in [9.17, 15) is 0 Å². The van der Waals surface area contributed by atoms with Crippen LogP contribution in [0.1, 0.15) is 11.1 Å². The molecule has 0 unspecified atom stereocenters. The van der Waals surface area contributed by atoms with Gasteiger partial charge in [-0.3, -0.25) is 4.57 Å². The van der Waals surface area contributed by atoms with Gasteiger partial charge < -0.3 is 4.84 Å². The molecule has 4 nitrogen and oxygen atoms in total. The first-order valence-corrected chi connectivity index (χ1v) is 8.12. The summed E-state index contributed by atoms with van der Waals surface area (Å²) in [7, 11) is 0. The van der Waals surface area contributed by atoms with Gasteiger partial charge >= 0.3 is 0 Å². The molecule has 0 N–H and O–H groups in total. The molecule has 0 atom stereocenters. The highest BCUT2D eigenvalue weighted by Gasteiger charge is 2.07. The Kier molecular flexibility index (Phi) is 4.25. The van der Waals surface area contributed by atoms with Crippen LogP contribution in [0.4, 0.5) is 0 Å². The van der Waals surface area contributed by atoms with Crippen molar-refractivity contribution in [1.29, 1.82) is 0 Å². The fraction of sp³-hybridized carbons (Fsp3) is 0.0476. The Balaban J connectivity index is 1.61. The minimum atomic E-state index is 0.309. The monoisotopic (exact) mass is 327 g/mol. The Labute approximate surface area is 146 Å². The maximum absolute atomic E-state index is 5.67. The number of imidazole rings is 1. The molecule has 0 amide bonds. The van der Waals surface area contributed by atoms with Crippen LogP contribution in [0.3, 0.4) is 0 Å². The SMILES string of the molecule is c1ccc(C(=NOCn2cnc3ccccc32)c2ccccc2)cc1. The lowest BCUT2D eigenvalue weighted by molar-refractivity contribution is 0.0869. The number of benzene rings is 3. The lowest BCUT2D eigenvalue weighted by atomic mass is 10.0. The molecule has 0 radical (unpaired) electrons. The van der Waals surface area contributed by atoms with Gasteiger partial charge in [-0.15, -0.1) is 0 Å². The zero-order valence-electron chi connectivity index (χ0n) is 13.6. The molecule has 4 rings (SSSR count). The van der Waals surface area contributed by atoms with Gasteiger partial charge in [-0.1, -0.05) is 78.0 Å². The second-order valence-corrected chi connectivity index (χ2v) is 5.63. The summed E-state index contributed by atoms with van der Waals surface area (Å²) in [6, 6.07) is 28.1. The Morgan fingerprint density at radius 1 is 0.800 bits per heavy atom. The lowest BCUT2D eigenvalue weighted by Crippen LogP contribution is -2.06. The smallest absolute Gasteiger partial charge is 0.194 e. The van der Waals surface area contributed by atoms with Crippen LogP contribution in [0.15, 0.2) is 96.4 Å². The van der Waals surface area contributed by atoms with Crippen molar-refractivity contribution in [1.82, 2.24) is 9.55 Å². The van der Waals surface area contributed by atoms with Crippen LogP contribution in [0.25, 0.3) is 11.0 Å². The fourth-order valence-electron chi connectivity index (χ4n) is 2.73. The van der Waals surface area contributed by atoms with Gasteiger partial charge in [-0.05, 0) is 12.1 Å². The summed E-state index contributed by atoms with van der Waals surface area (Å²) in [6.45, 7) is 0.309. The van der Waals surface area contributed by atoms with Crippen LogP contribution in [0, 0.1) is 0 Å². The van der Waals surface area contributed by atoms with Crippen molar-refractivity contribution in [3.63, 3.8) is 0 Å². The Morgan fingerprint density at radius 2 is 1.40 bits per heavy atom.